The maximum Gasteiger partial charge on any atom is 0.337 e. The second kappa shape index (κ2) is 3.92. The van der Waals surface area contributed by atoms with Crippen LogP contribution in [0.4, 0.5) is 5.69 Å². The van der Waals surface area contributed by atoms with Gasteiger partial charge in [0.2, 0.25) is 0 Å². The minimum Gasteiger partial charge on any atom is -0.478 e. The summed E-state index contributed by atoms with van der Waals surface area (Å²) < 4.78 is 0. The molecule has 0 radical (unpaired) electrons. The molecule has 66 valence electrons. The van der Waals surface area contributed by atoms with Crippen molar-refractivity contribution in [3.63, 3.8) is 0 Å². The zero-order valence-electron chi connectivity index (χ0n) is 6.44. The first-order valence-electron chi connectivity index (χ1n) is 3.06. The van der Waals surface area contributed by atoms with Gasteiger partial charge in [-0.05, 0) is 13.0 Å². The summed E-state index contributed by atoms with van der Waals surface area (Å²) >= 11 is 0. The Bertz CT molecular complexity index is 301. The van der Waals surface area contributed by atoms with E-state index in [9.17, 15) is 4.79 Å². The lowest BCUT2D eigenvalue weighted by molar-refractivity contribution is 0.0698. The number of carboxylic acids is 1. The first kappa shape index (κ1) is 10.7. The molecule has 0 bridgehead atoms. The highest BCUT2D eigenvalue weighted by Gasteiger charge is 2.06. The van der Waals surface area contributed by atoms with E-state index in [-0.39, 0.29) is 23.7 Å². The number of hydrogen-bond donors (Lipinski definition) is 2. The number of carboxylic acid groups (broad SMARTS) is 1. The number of aromatic carboxylic acids is 1. The van der Waals surface area contributed by atoms with Crippen molar-refractivity contribution in [2.75, 3.05) is 5.73 Å². The number of rotatable bonds is 1. The Morgan fingerprint density at radius 2 is 2.25 bits per heavy atom. The Hall–Kier alpha value is -1.29. The summed E-state index contributed by atoms with van der Waals surface area (Å²) in [4.78, 5) is 14.3. The van der Waals surface area contributed by atoms with E-state index >= 15 is 0 Å². The number of aromatic nitrogens is 1. The second-order valence-electron chi connectivity index (χ2n) is 2.22. The van der Waals surface area contributed by atoms with Crippen LogP contribution >= 0.6 is 12.4 Å². The van der Waals surface area contributed by atoms with Gasteiger partial charge < -0.3 is 10.8 Å². The van der Waals surface area contributed by atoms with Crippen molar-refractivity contribution in [1.82, 2.24) is 4.98 Å². The van der Waals surface area contributed by atoms with Crippen LogP contribution < -0.4 is 5.73 Å². The Balaban J connectivity index is 0.00000121. The summed E-state index contributed by atoms with van der Waals surface area (Å²) in [6.45, 7) is 1.71. The molecule has 0 aliphatic rings. The molecule has 0 spiro atoms. The molecule has 0 amide bonds. The monoisotopic (exact) mass is 188 g/mol. The molecule has 1 heterocycles. The molecule has 0 saturated heterocycles. The summed E-state index contributed by atoms with van der Waals surface area (Å²) in [6, 6.07) is 1.44. The van der Waals surface area contributed by atoms with Crippen LogP contribution in [0, 0.1) is 6.92 Å². The Kier molecular flexibility index (Phi) is 3.50. The summed E-state index contributed by atoms with van der Waals surface area (Å²) in [5.41, 5.74) is 6.30. The maximum atomic E-state index is 10.5. The Morgan fingerprint density at radius 1 is 1.67 bits per heavy atom. The van der Waals surface area contributed by atoms with Gasteiger partial charge in [0.1, 0.15) is 0 Å². The minimum atomic E-state index is -1.02. The van der Waals surface area contributed by atoms with E-state index in [4.69, 9.17) is 10.8 Å². The van der Waals surface area contributed by atoms with Crippen LogP contribution in [0.2, 0.25) is 0 Å². The van der Waals surface area contributed by atoms with Gasteiger partial charge in [-0.2, -0.15) is 0 Å². The van der Waals surface area contributed by atoms with Crippen LogP contribution in [0.3, 0.4) is 0 Å². The number of hydrogen-bond acceptors (Lipinski definition) is 3. The van der Waals surface area contributed by atoms with Crippen LogP contribution in [0.25, 0.3) is 0 Å². The van der Waals surface area contributed by atoms with Gasteiger partial charge in [0, 0.05) is 5.69 Å². The van der Waals surface area contributed by atoms with E-state index < -0.39 is 5.97 Å². The zero-order chi connectivity index (χ0) is 8.43. The summed E-state index contributed by atoms with van der Waals surface area (Å²) in [7, 11) is 0. The van der Waals surface area contributed by atoms with Gasteiger partial charge in [0.05, 0.1) is 17.4 Å². The fourth-order valence-corrected chi connectivity index (χ4v) is 0.756. The fraction of sp³-hybridized carbons (Fsp3) is 0.143. The Labute approximate surface area is 75.8 Å². The van der Waals surface area contributed by atoms with Gasteiger partial charge in [0.15, 0.2) is 0 Å². The molecule has 1 rings (SSSR count). The summed E-state index contributed by atoms with van der Waals surface area (Å²) in [5, 5.41) is 8.58. The average Bonchev–Trinajstić information content (AvgIpc) is 1.94. The smallest absolute Gasteiger partial charge is 0.337 e. The second-order valence-corrected chi connectivity index (χ2v) is 2.22. The van der Waals surface area contributed by atoms with Crippen molar-refractivity contribution in [3.8, 4) is 0 Å². The Morgan fingerprint density at radius 3 is 2.67 bits per heavy atom. The van der Waals surface area contributed by atoms with Gasteiger partial charge in [-0.3, -0.25) is 4.98 Å². The highest BCUT2D eigenvalue weighted by atomic mass is 35.5. The van der Waals surface area contributed by atoms with E-state index in [2.05, 4.69) is 4.98 Å². The van der Waals surface area contributed by atoms with E-state index in [1.54, 1.807) is 6.92 Å². The molecule has 0 aliphatic heterocycles. The molecular weight excluding hydrogens is 180 g/mol. The van der Waals surface area contributed by atoms with Crippen molar-refractivity contribution >= 4 is 24.1 Å². The van der Waals surface area contributed by atoms with E-state index in [0.717, 1.165) is 0 Å². The molecule has 0 unspecified atom stereocenters. The normalized spacial score (nSPS) is 8.75. The van der Waals surface area contributed by atoms with Crippen LogP contribution in [0.1, 0.15) is 16.1 Å². The molecule has 1 aromatic heterocycles. The lowest BCUT2D eigenvalue weighted by atomic mass is 10.2. The highest BCUT2D eigenvalue weighted by molar-refractivity contribution is 5.93. The van der Waals surface area contributed by atoms with Crippen molar-refractivity contribution in [2.24, 2.45) is 0 Å². The third kappa shape index (κ3) is 2.10. The first-order chi connectivity index (χ1) is 5.11. The van der Waals surface area contributed by atoms with Crippen molar-refractivity contribution in [2.45, 2.75) is 6.92 Å². The number of nitrogen functional groups attached to an aromatic ring is 1. The van der Waals surface area contributed by atoms with Crippen molar-refractivity contribution in [3.05, 3.63) is 23.5 Å². The largest absolute Gasteiger partial charge is 0.478 e. The average molecular weight is 189 g/mol. The van der Waals surface area contributed by atoms with Gasteiger partial charge in [0.25, 0.3) is 0 Å². The van der Waals surface area contributed by atoms with Crippen LogP contribution in [0.15, 0.2) is 12.3 Å². The van der Waals surface area contributed by atoms with Gasteiger partial charge >= 0.3 is 5.97 Å². The van der Waals surface area contributed by atoms with E-state index in [0.29, 0.717) is 5.69 Å². The molecule has 4 nitrogen and oxygen atoms in total. The van der Waals surface area contributed by atoms with Crippen LogP contribution in [-0.4, -0.2) is 16.1 Å². The number of nitrogens with two attached hydrogens (primary N) is 1. The number of halogens is 1. The molecule has 0 aliphatic carbocycles. The van der Waals surface area contributed by atoms with E-state index in [1.165, 1.54) is 12.3 Å². The lowest BCUT2D eigenvalue weighted by Gasteiger charge is -1.99. The highest BCUT2D eigenvalue weighted by Crippen LogP contribution is 2.10. The number of anilines is 1. The fourth-order valence-electron chi connectivity index (χ4n) is 0.756. The van der Waals surface area contributed by atoms with Gasteiger partial charge in [-0.25, -0.2) is 4.79 Å². The van der Waals surface area contributed by atoms with Crippen molar-refractivity contribution in [1.29, 1.82) is 0 Å². The maximum absolute atomic E-state index is 10.5. The molecule has 3 N–H and O–H groups in total. The molecule has 0 aromatic carbocycles. The zero-order valence-corrected chi connectivity index (χ0v) is 7.26. The van der Waals surface area contributed by atoms with Gasteiger partial charge in [-0.15, -0.1) is 12.4 Å². The predicted octanol–water partition coefficient (Wildman–Crippen LogP) is 1.09. The van der Waals surface area contributed by atoms with Crippen molar-refractivity contribution < 1.29 is 9.90 Å². The quantitative estimate of drug-likeness (QED) is 0.692. The minimum absolute atomic E-state index is 0. The molecule has 12 heavy (non-hydrogen) atoms. The first-order valence-corrected chi connectivity index (χ1v) is 3.06. The molecule has 5 heteroatoms. The standard InChI is InChI=1S/C7H8N2O2.ClH/c1-4-2-5(7(10)11)6(8)3-9-4;/h2-3H,8H2,1H3,(H,10,11);1H. The van der Waals surface area contributed by atoms with Gasteiger partial charge in [-0.1, -0.05) is 0 Å². The third-order valence-corrected chi connectivity index (χ3v) is 1.30. The molecular formula is C7H9ClN2O2. The molecule has 1 aromatic rings. The topological polar surface area (TPSA) is 76.2 Å². The summed E-state index contributed by atoms with van der Waals surface area (Å²) in [5.74, 6) is -1.02. The van der Waals surface area contributed by atoms with E-state index in [1.807, 2.05) is 0 Å². The van der Waals surface area contributed by atoms with Crippen LogP contribution in [0.5, 0.6) is 0 Å². The molecule has 0 atom stereocenters. The predicted molar refractivity (Wildman–Crippen MR) is 47.6 cm³/mol. The molecule has 0 fully saturated rings. The number of aryl methyl sites for hydroxylation is 1. The molecule has 0 saturated carbocycles. The van der Waals surface area contributed by atoms with Crippen LogP contribution in [-0.2, 0) is 0 Å². The number of carbonyl (C=O) groups is 1. The third-order valence-electron chi connectivity index (χ3n) is 1.30. The number of nitrogens with zero attached hydrogens (tertiary/aromatic N) is 1. The lowest BCUT2D eigenvalue weighted by Crippen LogP contribution is -2.03. The number of pyridine rings is 1. The summed E-state index contributed by atoms with van der Waals surface area (Å²) in [6.07, 6.45) is 1.35. The SMILES string of the molecule is Cc1cc(C(=O)O)c(N)cn1.Cl.